The zero-order valence-electron chi connectivity index (χ0n) is 15.9. The number of nitrogens with zero attached hydrogens (tertiary/aromatic N) is 3. The number of aromatic amines is 1. The molecule has 1 aromatic carbocycles. The van der Waals surface area contributed by atoms with E-state index in [9.17, 15) is 20.4 Å². The van der Waals surface area contributed by atoms with Crippen LogP contribution >= 0.6 is 12.2 Å². The summed E-state index contributed by atoms with van der Waals surface area (Å²) in [5.74, 6) is 0.835. The molecule has 1 fully saturated rings. The number of aromatic nitrogens is 4. The SMILES string of the molecule is COc1cccc(CNc2[nH]c(=S)nc3c2ncn3[C@@H]2O[C@H](CO)[C@@H](O)[C@H]2O)c1O. The summed E-state index contributed by atoms with van der Waals surface area (Å²) in [5.41, 5.74) is 1.34. The molecule has 1 aliphatic rings. The highest BCUT2D eigenvalue weighted by atomic mass is 32.1. The van der Waals surface area contributed by atoms with E-state index < -0.39 is 31.1 Å². The lowest BCUT2D eigenvalue weighted by atomic mass is 10.1. The van der Waals surface area contributed by atoms with Crippen molar-refractivity contribution in [3.63, 3.8) is 0 Å². The number of phenols is 1. The van der Waals surface area contributed by atoms with Gasteiger partial charge in [0, 0.05) is 12.1 Å². The number of H-pyrrole nitrogens is 1. The molecule has 1 aliphatic heterocycles. The van der Waals surface area contributed by atoms with E-state index in [1.165, 1.54) is 18.0 Å². The van der Waals surface area contributed by atoms with Gasteiger partial charge in [0.25, 0.3) is 0 Å². The van der Waals surface area contributed by atoms with Crippen LogP contribution in [-0.4, -0.2) is 72.0 Å². The Morgan fingerprint density at radius 1 is 1.33 bits per heavy atom. The summed E-state index contributed by atoms with van der Waals surface area (Å²) >= 11 is 5.21. The van der Waals surface area contributed by atoms with Gasteiger partial charge in [0.2, 0.25) is 0 Å². The molecule has 11 nitrogen and oxygen atoms in total. The summed E-state index contributed by atoms with van der Waals surface area (Å²) in [7, 11) is 1.47. The van der Waals surface area contributed by atoms with E-state index in [1.807, 2.05) is 0 Å². The minimum absolute atomic E-state index is 0.0217. The van der Waals surface area contributed by atoms with E-state index in [0.29, 0.717) is 28.3 Å². The summed E-state index contributed by atoms with van der Waals surface area (Å²) < 4.78 is 12.3. The Morgan fingerprint density at radius 3 is 2.83 bits per heavy atom. The number of ether oxygens (including phenoxy) is 2. The Bertz CT molecular complexity index is 1120. The van der Waals surface area contributed by atoms with Gasteiger partial charge < -0.3 is 40.2 Å². The molecule has 160 valence electrons. The fourth-order valence-corrected chi connectivity index (χ4v) is 3.60. The number of benzene rings is 1. The lowest BCUT2D eigenvalue weighted by molar-refractivity contribution is -0.0511. The third kappa shape index (κ3) is 3.48. The lowest BCUT2D eigenvalue weighted by Crippen LogP contribution is -2.33. The number of aliphatic hydroxyl groups excluding tert-OH is 3. The van der Waals surface area contributed by atoms with Gasteiger partial charge in [-0.15, -0.1) is 0 Å². The third-order valence-corrected chi connectivity index (χ3v) is 5.19. The van der Waals surface area contributed by atoms with Gasteiger partial charge in [-0.05, 0) is 18.3 Å². The van der Waals surface area contributed by atoms with E-state index >= 15 is 0 Å². The standard InChI is InChI=1S/C18H21N5O6S/c1-28-9-4-2-3-8(12(9)25)5-19-15-11-16(22-18(30)21-15)23(7-20-11)17-14(27)13(26)10(6-24)29-17/h2-4,7,10,13-14,17,24-27H,5-6H2,1H3,(H2,19,21,22,30)/t10-,13-,14-,17-/m1/s1. The molecule has 6 N–H and O–H groups in total. The van der Waals surface area contributed by atoms with Gasteiger partial charge in [-0.2, -0.15) is 4.98 Å². The number of imidazole rings is 1. The second-order valence-electron chi connectivity index (χ2n) is 6.79. The van der Waals surface area contributed by atoms with Crippen LogP contribution in [0.15, 0.2) is 24.5 Å². The van der Waals surface area contributed by atoms with Gasteiger partial charge in [0.05, 0.1) is 20.0 Å². The Morgan fingerprint density at radius 2 is 2.13 bits per heavy atom. The highest BCUT2D eigenvalue weighted by Gasteiger charge is 2.44. The number of phenolic OH excluding ortho intramolecular Hbond substituents is 1. The quantitative estimate of drug-likeness (QED) is 0.300. The molecular weight excluding hydrogens is 414 g/mol. The van der Waals surface area contributed by atoms with E-state index in [0.717, 1.165) is 0 Å². The van der Waals surface area contributed by atoms with Crippen molar-refractivity contribution in [2.45, 2.75) is 31.1 Å². The van der Waals surface area contributed by atoms with Crippen LogP contribution in [0.5, 0.6) is 11.5 Å². The molecular formula is C18H21N5O6S. The molecule has 30 heavy (non-hydrogen) atoms. The topological polar surface area (TPSA) is 158 Å². The fraction of sp³-hybridized carbons (Fsp3) is 0.389. The first kappa shape index (κ1) is 20.5. The van der Waals surface area contributed by atoms with Gasteiger partial charge in [0.1, 0.15) is 29.6 Å². The van der Waals surface area contributed by atoms with Crippen molar-refractivity contribution < 1.29 is 29.9 Å². The molecule has 0 bridgehead atoms. The van der Waals surface area contributed by atoms with Crippen molar-refractivity contribution in [2.75, 3.05) is 19.0 Å². The maximum Gasteiger partial charge on any atom is 0.200 e. The molecule has 0 radical (unpaired) electrons. The van der Waals surface area contributed by atoms with Crippen LogP contribution in [-0.2, 0) is 11.3 Å². The Hall–Kier alpha value is -2.77. The molecule has 0 amide bonds. The molecule has 0 saturated carbocycles. The van der Waals surface area contributed by atoms with Gasteiger partial charge in [-0.3, -0.25) is 4.57 Å². The summed E-state index contributed by atoms with van der Waals surface area (Å²) in [6.07, 6.45) is -3.01. The van der Waals surface area contributed by atoms with Crippen molar-refractivity contribution in [3.8, 4) is 11.5 Å². The van der Waals surface area contributed by atoms with Crippen LogP contribution < -0.4 is 10.1 Å². The Balaban J connectivity index is 1.66. The minimum Gasteiger partial charge on any atom is -0.504 e. The maximum absolute atomic E-state index is 10.3. The van der Waals surface area contributed by atoms with Crippen LogP contribution in [0.4, 0.5) is 5.82 Å². The molecule has 3 aromatic rings. The van der Waals surface area contributed by atoms with E-state index in [2.05, 4.69) is 20.3 Å². The third-order valence-electron chi connectivity index (χ3n) is 4.99. The average molecular weight is 435 g/mol. The maximum atomic E-state index is 10.3. The zero-order valence-corrected chi connectivity index (χ0v) is 16.7. The number of aliphatic hydroxyl groups is 3. The average Bonchev–Trinajstić information content (AvgIpc) is 3.28. The van der Waals surface area contributed by atoms with Crippen LogP contribution in [0.1, 0.15) is 11.8 Å². The summed E-state index contributed by atoms with van der Waals surface area (Å²) in [6, 6.07) is 5.16. The van der Waals surface area contributed by atoms with Gasteiger partial charge in [0.15, 0.2) is 28.1 Å². The normalized spacial score (nSPS) is 23.7. The Labute approximate surface area is 175 Å². The van der Waals surface area contributed by atoms with Crippen molar-refractivity contribution in [1.82, 2.24) is 19.5 Å². The first-order valence-electron chi connectivity index (χ1n) is 9.12. The number of fused-ring (bicyclic) bond motifs is 1. The van der Waals surface area contributed by atoms with Crippen LogP contribution in [0, 0.1) is 4.77 Å². The van der Waals surface area contributed by atoms with Gasteiger partial charge >= 0.3 is 0 Å². The Kier molecular flexibility index (Phi) is 5.58. The minimum atomic E-state index is -1.27. The first-order chi connectivity index (χ1) is 14.4. The molecule has 2 aromatic heterocycles. The second kappa shape index (κ2) is 8.16. The van der Waals surface area contributed by atoms with E-state index in [1.54, 1.807) is 18.2 Å². The number of hydrogen-bond acceptors (Lipinski definition) is 10. The van der Waals surface area contributed by atoms with E-state index in [-0.39, 0.29) is 17.1 Å². The number of anilines is 1. The van der Waals surface area contributed by atoms with Gasteiger partial charge in [-0.25, -0.2) is 4.98 Å². The highest BCUT2D eigenvalue weighted by Crippen LogP contribution is 2.33. The highest BCUT2D eigenvalue weighted by molar-refractivity contribution is 7.71. The van der Waals surface area contributed by atoms with Gasteiger partial charge in [-0.1, -0.05) is 12.1 Å². The summed E-state index contributed by atoms with van der Waals surface area (Å²) in [6.45, 7) is -0.195. The van der Waals surface area contributed by atoms with Crippen molar-refractivity contribution in [3.05, 3.63) is 34.9 Å². The molecule has 12 heteroatoms. The molecule has 0 spiro atoms. The van der Waals surface area contributed by atoms with Crippen LogP contribution in [0.2, 0.25) is 0 Å². The molecule has 0 aliphatic carbocycles. The van der Waals surface area contributed by atoms with Crippen molar-refractivity contribution in [1.29, 1.82) is 0 Å². The molecule has 0 unspecified atom stereocenters. The fourth-order valence-electron chi connectivity index (χ4n) is 3.41. The molecule has 4 rings (SSSR count). The number of hydrogen-bond donors (Lipinski definition) is 6. The van der Waals surface area contributed by atoms with Crippen molar-refractivity contribution >= 4 is 29.2 Å². The van der Waals surface area contributed by atoms with Crippen LogP contribution in [0.25, 0.3) is 11.2 Å². The first-order valence-corrected chi connectivity index (χ1v) is 9.53. The molecule has 3 heterocycles. The zero-order chi connectivity index (χ0) is 21.4. The molecule has 1 saturated heterocycles. The lowest BCUT2D eigenvalue weighted by Gasteiger charge is -2.16. The smallest absolute Gasteiger partial charge is 0.200 e. The molecule has 4 atom stereocenters. The van der Waals surface area contributed by atoms with E-state index in [4.69, 9.17) is 21.7 Å². The largest absolute Gasteiger partial charge is 0.504 e. The summed E-state index contributed by atoms with van der Waals surface area (Å²) in [4.78, 5) is 11.5. The number of rotatable bonds is 6. The number of nitrogens with one attached hydrogen (secondary N) is 2. The summed E-state index contributed by atoms with van der Waals surface area (Å²) in [5, 5.41) is 43.0. The number of methoxy groups -OCH3 is 1. The predicted octanol–water partition coefficient (Wildman–Crippen LogP) is 0.427. The number of aromatic hydroxyl groups is 1. The second-order valence-corrected chi connectivity index (χ2v) is 7.18. The van der Waals surface area contributed by atoms with Crippen molar-refractivity contribution in [2.24, 2.45) is 0 Å². The monoisotopic (exact) mass is 435 g/mol. The number of para-hydroxylation sites is 1. The predicted molar refractivity (Wildman–Crippen MR) is 108 cm³/mol. The van der Waals surface area contributed by atoms with Crippen LogP contribution in [0.3, 0.4) is 0 Å².